The number of hydrogen-bond donors (Lipinski definition) is 3. The van der Waals surface area contributed by atoms with Crippen molar-refractivity contribution in [1.82, 2.24) is 5.43 Å². The second-order valence-corrected chi connectivity index (χ2v) is 6.12. The number of methoxy groups -OCH3 is 1. The molecule has 0 aliphatic heterocycles. The number of thioether (sulfide) groups is 1. The molecule has 0 radical (unpaired) electrons. The van der Waals surface area contributed by atoms with E-state index in [4.69, 9.17) is 16.3 Å². The molecular formula is C13H15N3O2S2. The zero-order valence-electron chi connectivity index (χ0n) is 10.9. The SMILES string of the molecule is COc1cc(N)ccc1SCc1ccc(C(=O)NN)s1. The van der Waals surface area contributed by atoms with Crippen molar-refractivity contribution in [3.8, 4) is 5.75 Å². The van der Waals surface area contributed by atoms with Crippen LogP contribution in [0.15, 0.2) is 35.2 Å². The predicted molar refractivity (Wildman–Crippen MR) is 82.9 cm³/mol. The molecule has 5 N–H and O–H groups in total. The molecule has 2 rings (SSSR count). The van der Waals surface area contributed by atoms with E-state index in [-0.39, 0.29) is 5.91 Å². The van der Waals surface area contributed by atoms with E-state index in [9.17, 15) is 4.79 Å². The molecule has 7 heteroatoms. The van der Waals surface area contributed by atoms with Crippen molar-refractivity contribution in [3.05, 3.63) is 40.1 Å². The molecule has 0 spiro atoms. The Kier molecular flexibility index (Phi) is 4.89. The van der Waals surface area contributed by atoms with Crippen molar-refractivity contribution in [2.24, 2.45) is 5.84 Å². The average molecular weight is 309 g/mol. The maximum Gasteiger partial charge on any atom is 0.275 e. The lowest BCUT2D eigenvalue weighted by molar-refractivity contribution is 0.0957. The second kappa shape index (κ2) is 6.65. The summed E-state index contributed by atoms with van der Waals surface area (Å²) in [6, 6.07) is 9.26. The molecular weight excluding hydrogens is 294 g/mol. The van der Waals surface area contributed by atoms with Gasteiger partial charge in [0.05, 0.1) is 12.0 Å². The number of carbonyl (C=O) groups excluding carboxylic acids is 1. The topological polar surface area (TPSA) is 90.4 Å². The molecule has 2 aromatic rings. The van der Waals surface area contributed by atoms with Gasteiger partial charge in [-0.25, -0.2) is 5.84 Å². The molecule has 1 aromatic carbocycles. The third-order valence-electron chi connectivity index (χ3n) is 2.57. The van der Waals surface area contributed by atoms with E-state index in [0.717, 1.165) is 21.3 Å². The van der Waals surface area contributed by atoms with Gasteiger partial charge in [0.15, 0.2) is 0 Å². The lowest BCUT2D eigenvalue weighted by Gasteiger charge is -2.08. The zero-order chi connectivity index (χ0) is 14.5. The zero-order valence-corrected chi connectivity index (χ0v) is 12.5. The van der Waals surface area contributed by atoms with Crippen molar-refractivity contribution in [2.45, 2.75) is 10.6 Å². The number of nitrogen functional groups attached to an aromatic ring is 2. The number of hydrogen-bond acceptors (Lipinski definition) is 6. The van der Waals surface area contributed by atoms with Crippen LogP contribution in [-0.2, 0) is 5.75 Å². The summed E-state index contributed by atoms with van der Waals surface area (Å²) in [5.41, 5.74) is 8.51. The number of anilines is 1. The van der Waals surface area contributed by atoms with Crippen LogP contribution in [0.4, 0.5) is 5.69 Å². The van der Waals surface area contributed by atoms with Crippen LogP contribution >= 0.6 is 23.1 Å². The van der Waals surface area contributed by atoms with Gasteiger partial charge in [0.1, 0.15) is 5.75 Å². The largest absolute Gasteiger partial charge is 0.496 e. The van der Waals surface area contributed by atoms with Crippen LogP contribution in [0, 0.1) is 0 Å². The lowest BCUT2D eigenvalue weighted by atomic mass is 10.3. The number of thiophene rings is 1. The summed E-state index contributed by atoms with van der Waals surface area (Å²) in [5.74, 6) is 6.35. The summed E-state index contributed by atoms with van der Waals surface area (Å²) in [6.45, 7) is 0. The van der Waals surface area contributed by atoms with Crippen LogP contribution in [0.1, 0.15) is 14.5 Å². The number of nitrogens with two attached hydrogens (primary N) is 2. The molecule has 1 aromatic heterocycles. The number of carbonyl (C=O) groups is 1. The molecule has 0 saturated heterocycles. The first-order valence-corrected chi connectivity index (χ1v) is 7.60. The number of hydrazine groups is 1. The molecule has 0 aliphatic carbocycles. The monoisotopic (exact) mass is 309 g/mol. The Morgan fingerprint density at radius 1 is 1.40 bits per heavy atom. The van der Waals surface area contributed by atoms with Crippen molar-refractivity contribution in [2.75, 3.05) is 12.8 Å². The molecule has 0 saturated carbocycles. The van der Waals surface area contributed by atoms with Gasteiger partial charge in [-0.05, 0) is 24.3 Å². The molecule has 20 heavy (non-hydrogen) atoms. The minimum atomic E-state index is -0.267. The number of rotatable bonds is 5. The smallest absolute Gasteiger partial charge is 0.275 e. The van der Waals surface area contributed by atoms with Gasteiger partial charge >= 0.3 is 0 Å². The van der Waals surface area contributed by atoms with E-state index in [0.29, 0.717) is 10.6 Å². The Labute approximate surface area is 125 Å². The molecule has 0 unspecified atom stereocenters. The quantitative estimate of drug-likeness (QED) is 0.259. The summed E-state index contributed by atoms with van der Waals surface area (Å²) in [6.07, 6.45) is 0. The standard InChI is InChI=1S/C13H15N3O2S2/c1-18-10-6-8(14)2-4-11(10)19-7-9-3-5-12(20-9)13(17)16-15/h2-6H,7,14-15H2,1H3,(H,16,17). The fourth-order valence-corrected chi connectivity index (χ4v) is 3.56. The van der Waals surface area contributed by atoms with Crippen LogP contribution in [0.3, 0.4) is 0 Å². The maximum atomic E-state index is 11.4. The van der Waals surface area contributed by atoms with Crippen LogP contribution in [0.25, 0.3) is 0 Å². The van der Waals surface area contributed by atoms with E-state index in [1.54, 1.807) is 31.0 Å². The molecule has 106 valence electrons. The van der Waals surface area contributed by atoms with Crippen molar-refractivity contribution < 1.29 is 9.53 Å². The van der Waals surface area contributed by atoms with E-state index in [1.165, 1.54) is 11.3 Å². The predicted octanol–water partition coefficient (Wildman–Crippen LogP) is 2.23. The highest BCUT2D eigenvalue weighted by atomic mass is 32.2. The van der Waals surface area contributed by atoms with E-state index in [2.05, 4.69) is 5.43 Å². The first kappa shape index (κ1) is 14.7. The number of ether oxygens (including phenoxy) is 1. The first-order valence-electron chi connectivity index (χ1n) is 5.80. The van der Waals surface area contributed by atoms with Gasteiger partial charge in [-0.2, -0.15) is 0 Å². The number of nitrogens with one attached hydrogen (secondary N) is 1. The molecule has 0 aliphatic rings. The Balaban J connectivity index is 2.05. The van der Waals surface area contributed by atoms with Gasteiger partial charge in [0.2, 0.25) is 0 Å². The van der Waals surface area contributed by atoms with E-state index in [1.807, 2.05) is 18.2 Å². The summed E-state index contributed by atoms with van der Waals surface area (Å²) >= 11 is 3.06. The van der Waals surface area contributed by atoms with Crippen molar-refractivity contribution in [3.63, 3.8) is 0 Å². The van der Waals surface area contributed by atoms with Gasteiger partial charge in [-0.1, -0.05) is 0 Å². The van der Waals surface area contributed by atoms with Crippen molar-refractivity contribution >= 4 is 34.7 Å². The molecule has 5 nitrogen and oxygen atoms in total. The van der Waals surface area contributed by atoms with Gasteiger partial charge < -0.3 is 10.5 Å². The second-order valence-electron chi connectivity index (χ2n) is 3.94. The fourth-order valence-electron chi connectivity index (χ4n) is 1.60. The minimum Gasteiger partial charge on any atom is -0.496 e. The van der Waals surface area contributed by atoms with Crippen LogP contribution in [0.5, 0.6) is 5.75 Å². The molecule has 1 heterocycles. The number of amides is 1. The normalized spacial score (nSPS) is 10.3. The summed E-state index contributed by atoms with van der Waals surface area (Å²) < 4.78 is 5.30. The molecule has 0 fully saturated rings. The highest BCUT2D eigenvalue weighted by Crippen LogP contribution is 2.34. The van der Waals surface area contributed by atoms with Gasteiger partial charge in [0.25, 0.3) is 5.91 Å². The third kappa shape index (κ3) is 3.44. The number of benzene rings is 1. The first-order chi connectivity index (χ1) is 9.63. The Morgan fingerprint density at radius 2 is 2.20 bits per heavy atom. The molecule has 0 bridgehead atoms. The summed E-state index contributed by atoms with van der Waals surface area (Å²) in [4.78, 5) is 14.1. The van der Waals surface area contributed by atoms with E-state index < -0.39 is 0 Å². The minimum absolute atomic E-state index is 0.267. The Hall–Kier alpha value is -1.70. The fraction of sp³-hybridized carbons (Fsp3) is 0.154. The molecule has 1 amide bonds. The maximum absolute atomic E-state index is 11.4. The third-order valence-corrected chi connectivity index (χ3v) is 4.94. The van der Waals surface area contributed by atoms with Gasteiger partial charge in [-0.15, -0.1) is 23.1 Å². The average Bonchev–Trinajstić information content (AvgIpc) is 2.93. The van der Waals surface area contributed by atoms with Gasteiger partial charge in [0, 0.05) is 27.3 Å². The highest BCUT2D eigenvalue weighted by Gasteiger charge is 2.09. The molecule has 0 atom stereocenters. The summed E-state index contributed by atoms with van der Waals surface area (Å²) in [7, 11) is 1.62. The van der Waals surface area contributed by atoms with Crippen molar-refractivity contribution in [1.29, 1.82) is 0 Å². The highest BCUT2D eigenvalue weighted by molar-refractivity contribution is 7.98. The van der Waals surface area contributed by atoms with Crippen LogP contribution < -0.4 is 21.7 Å². The van der Waals surface area contributed by atoms with Gasteiger partial charge in [-0.3, -0.25) is 10.2 Å². The van der Waals surface area contributed by atoms with Crippen LogP contribution in [0.2, 0.25) is 0 Å². The Bertz CT molecular complexity index is 613. The lowest BCUT2D eigenvalue weighted by Crippen LogP contribution is -2.29. The van der Waals surface area contributed by atoms with Crippen LogP contribution in [-0.4, -0.2) is 13.0 Å². The summed E-state index contributed by atoms with van der Waals surface area (Å²) in [5, 5.41) is 0. The Morgan fingerprint density at radius 3 is 2.90 bits per heavy atom. The van der Waals surface area contributed by atoms with E-state index >= 15 is 0 Å².